The first-order chi connectivity index (χ1) is 13.3. The molecule has 0 unspecified atom stereocenters. The summed E-state index contributed by atoms with van der Waals surface area (Å²) in [4.78, 5) is 0. The third kappa shape index (κ3) is 4.59. The zero-order chi connectivity index (χ0) is 20.3. The van der Waals surface area contributed by atoms with Gasteiger partial charge in [0, 0.05) is 29.6 Å². The van der Waals surface area contributed by atoms with Crippen LogP contribution in [0.25, 0.3) is 0 Å². The van der Waals surface area contributed by atoms with Gasteiger partial charge in [-0.05, 0) is 55.0 Å². The first kappa shape index (κ1) is 19.7. The number of nitrogen functional groups attached to an aromatic ring is 2. The molecular formula is C20H26N6O2. The Hall–Kier alpha value is -3.10. The van der Waals surface area contributed by atoms with E-state index in [2.05, 4.69) is 0 Å². The maximum absolute atomic E-state index is 7.45. The average molecular weight is 382 g/mol. The summed E-state index contributed by atoms with van der Waals surface area (Å²) in [6.45, 7) is 0. The molecule has 28 heavy (non-hydrogen) atoms. The van der Waals surface area contributed by atoms with Gasteiger partial charge in [-0.2, -0.15) is 0 Å². The number of hydrogen-bond acceptors (Lipinski definition) is 6. The Bertz CT molecular complexity index is 767. The summed E-state index contributed by atoms with van der Waals surface area (Å²) in [6.07, 6.45) is 0.631. The average Bonchev–Trinajstić information content (AvgIpc) is 2.66. The molecule has 0 radical (unpaired) electrons. The van der Waals surface area contributed by atoms with Crippen LogP contribution in [-0.2, 0) is 0 Å². The fourth-order valence-corrected chi connectivity index (χ4v) is 3.24. The standard InChI is InChI=1S/C20H26N6O2/c21-15-9-16(22)18(28-14-7-3-12(4-8-14)20(25)26)10-17(15)27-13-5-1-11(2-6-13)19(23)24/h1-8,15-18H,9-10,21-22H2,(H3,23,24)(H3,25,26)/t15-,16+,17-,18+. The van der Waals surface area contributed by atoms with Crippen LogP contribution in [0.1, 0.15) is 24.0 Å². The van der Waals surface area contributed by atoms with Crippen LogP contribution in [0.5, 0.6) is 11.5 Å². The third-order valence-electron chi connectivity index (χ3n) is 4.87. The summed E-state index contributed by atoms with van der Waals surface area (Å²) in [7, 11) is 0. The normalized spacial score (nSPS) is 24.4. The van der Waals surface area contributed by atoms with Crippen LogP contribution in [0.4, 0.5) is 0 Å². The molecule has 0 aromatic heterocycles. The number of nitrogens with one attached hydrogen (secondary N) is 2. The van der Waals surface area contributed by atoms with Crippen LogP contribution in [0, 0.1) is 10.8 Å². The van der Waals surface area contributed by atoms with Crippen molar-refractivity contribution in [3.63, 3.8) is 0 Å². The Morgan fingerprint density at radius 1 is 0.679 bits per heavy atom. The van der Waals surface area contributed by atoms with Gasteiger partial charge in [-0.15, -0.1) is 0 Å². The van der Waals surface area contributed by atoms with Crippen molar-refractivity contribution in [2.45, 2.75) is 37.1 Å². The van der Waals surface area contributed by atoms with Gasteiger partial charge in [0.15, 0.2) is 0 Å². The van der Waals surface area contributed by atoms with Crippen molar-refractivity contribution in [3.05, 3.63) is 59.7 Å². The van der Waals surface area contributed by atoms with Crippen LogP contribution in [0.3, 0.4) is 0 Å². The molecular weight excluding hydrogens is 356 g/mol. The lowest BCUT2D eigenvalue weighted by molar-refractivity contribution is 0.0405. The Kier molecular flexibility index (Phi) is 5.81. The molecule has 1 fully saturated rings. The number of rotatable bonds is 6. The predicted octanol–water partition coefficient (Wildman–Crippen LogP) is 0.898. The molecule has 0 heterocycles. The number of nitrogens with two attached hydrogens (primary N) is 4. The van der Waals surface area contributed by atoms with Gasteiger partial charge in [0.2, 0.25) is 0 Å². The highest BCUT2D eigenvalue weighted by molar-refractivity contribution is 5.95. The summed E-state index contributed by atoms with van der Waals surface area (Å²) < 4.78 is 12.1. The van der Waals surface area contributed by atoms with E-state index in [-0.39, 0.29) is 36.0 Å². The van der Waals surface area contributed by atoms with E-state index in [1.807, 2.05) is 0 Å². The third-order valence-corrected chi connectivity index (χ3v) is 4.87. The smallest absolute Gasteiger partial charge is 0.122 e. The van der Waals surface area contributed by atoms with E-state index < -0.39 is 0 Å². The van der Waals surface area contributed by atoms with Crippen LogP contribution >= 0.6 is 0 Å². The molecule has 1 saturated carbocycles. The molecule has 1 aliphatic carbocycles. The maximum atomic E-state index is 7.45. The molecule has 10 N–H and O–H groups in total. The molecule has 3 rings (SSSR count). The minimum Gasteiger partial charge on any atom is -0.489 e. The van der Waals surface area contributed by atoms with Crippen LogP contribution < -0.4 is 32.4 Å². The lowest BCUT2D eigenvalue weighted by atomic mass is 9.87. The van der Waals surface area contributed by atoms with Crippen LogP contribution in [0.15, 0.2) is 48.5 Å². The lowest BCUT2D eigenvalue weighted by Gasteiger charge is -2.38. The Morgan fingerprint density at radius 2 is 1.04 bits per heavy atom. The second-order valence-electron chi connectivity index (χ2n) is 6.99. The molecule has 0 spiro atoms. The van der Waals surface area contributed by atoms with Crippen molar-refractivity contribution < 1.29 is 9.47 Å². The monoisotopic (exact) mass is 382 g/mol. The number of ether oxygens (including phenoxy) is 2. The Morgan fingerprint density at radius 3 is 1.36 bits per heavy atom. The molecule has 0 aliphatic heterocycles. The van der Waals surface area contributed by atoms with Gasteiger partial charge in [-0.25, -0.2) is 0 Å². The highest BCUT2D eigenvalue weighted by atomic mass is 16.5. The lowest BCUT2D eigenvalue weighted by Crippen LogP contribution is -2.56. The minimum absolute atomic E-state index is 0.0103. The molecule has 148 valence electrons. The summed E-state index contributed by atoms with van der Waals surface area (Å²) in [5.74, 6) is 1.34. The summed E-state index contributed by atoms with van der Waals surface area (Å²) in [6, 6.07) is 13.6. The van der Waals surface area contributed by atoms with Crippen LogP contribution in [0.2, 0.25) is 0 Å². The van der Waals surface area contributed by atoms with Crippen molar-refractivity contribution >= 4 is 11.7 Å². The molecule has 2 aromatic rings. The maximum Gasteiger partial charge on any atom is 0.122 e. The fourth-order valence-electron chi connectivity index (χ4n) is 3.24. The molecule has 0 bridgehead atoms. The molecule has 1 aliphatic rings. The summed E-state index contributed by atoms with van der Waals surface area (Å²) >= 11 is 0. The number of benzene rings is 2. The van der Waals surface area contributed by atoms with E-state index >= 15 is 0 Å². The second kappa shape index (κ2) is 8.28. The van der Waals surface area contributed by atoms with E-state index in [4.69, 9.17) is 43.2 Å². The molecule has 8 nitrogen and oxygen atoms in total. The molecule has 0 saturated heterocycles. The van der Waals surface area contributed by atoms with Gasteiger partial charge in [0.25, 0.3) is 0 Å². The van der Waals surface area contributed by atoms with Gasteiger partial charge in [-0.1, -0.05) is 0 Å². The SMILES string of the molecule is N=C(N)c1ccc(O[C@H]2C[C@@H](Oc3ccc(C(=N)N)cc3)[C@H](N)C[C@@H]2N)cc1. The van der Waals surface area contributed by atoms with Gasteiger partial charge in [-0.3, -0.25) is 10.8 Å². The molecule has 8 heteroatoms. The first-order valence-corrected chi connectivity index (χ1v) is 9.07. The predicted molar refractivity (Wildman–Crippen MR) is 109 cm³/mol. The first-order valence-electron chi connectivity index (χ1n) is 9.07. The zero-order valence-corrected chi connectivity index (χ0v) is 15.5. The van der Waals surface area contributed by atoms with E-state index in [1.165, 1.54) is 0 Å². The van der Waals surface area contributed by atoms with Gasteiger partial charge in [0.05, 0.1) is 0 Å². The Labute approximate surface area is 163 Å². The summed E-state index contributed by atoms with van der Waals surface area (Å²) in [5.41, 5.74) is 24.7. The van der Waals surface area contributed by atoms with E-state index in [1.54, 1.807) is 48.5 Å². The molecule has 0 amide bonds. The van der Waals surface area contributed by atoms with E-state index in [0.717, 1.165) is 0 Å². The van der Waals surface area contributed by atoms with Gasteiger partial charge in [0.1, 0.15) is 35.4 Å². The quantitative estimate of drug-likeness (QED) is 0.320. The Balaban J connectivity index is 1.66. The fraction of sp³-hybridized carbons (Fsp3) is 0.300. The molecule has 2 aromatic carbocycles. The zero-order valence-electron chi connectivity index (χ0n) is 15.5. The van der Waals surface area contributed by atoms with Crippen molar-refractivity contribution in [1.29, 1.82) is 10.8 Å². The van der Waals surface area contributed by atoms with E-state index in [0.29, 0.717) is 35.5 Å². The highest BCUT2D eigenvalue weighted by Gasteiger charge is 2.36. The van der Waals surface area contributed by atoms with E-state index in [9.17, 15) is 0 Å². The number of amidine groups is 2. The van der Waals surface area contributed by atoms with Crippen LogP contribution in [-0.4, -0.2) is 36.0 Å². The van der Waals surface area contributed by atoms with Crippen molar-refractivity contribution in [3.8, 4) is 11.5 Å². The topological polar surface area (TPSA) is 170 Å². The van der Waals surface area contributed by atoms with Crippen molar-refractivity contribution in [2.24, 2.45) is 22.9 Å². The largest absolute Gasteiger partial charge is 0.489 e. The highest BCUT2D eigenvalue weighted by Crippen LogP contribution is 2.26. The van der Waals surface area contributed by atoms with Gasteiger partial charge >= 0.3 is 0 Å². The minimum atomic E-state index is -0.246. The van der Waals surface area contributed by atoms with Gasteiger partial charge < -0.3 is 32.4 Å². The number of hydrogen-bond donors (Lipinski definition) is 6. The van der Waals surface area contributed by atoms with Crippen molar-refractivity contribution in [1.82, 2.24) is 0 Å². The summed E-state index contributed by atoms with van der Waals surface area (Å²) in [5, 5.41) is 14.9. The molecule has 4 atom stereocenters. The second-order valence-corrected chi connectivity index (χ2v) is 6.99. The van der Waals surface area contributed by atoms with Crippen molar-refractivity contribution in [2.75, 3.05) is 0 Å².